The first-order valence-corrected chi connectivity index (χ1v) is 10.8. The number of aromatic nitrogens is 3. The molecule has 4 aromatic rings. The molecule has 1 aliphatic rings. The van der Waals surface area contributed by atoms with E-state index in [0.717, 1.165) is 10.2 Å². The van der Waals surface area contributed by atoms with E-state index in [1.807, 2.05) is 12.1 Å². The van der Waals surface area contributed by atoms with Crippen LogP contribution in [0.25, 0.3) is 21.5 Å². The fourth-order valence-electron chi connectivity index (χ4n) is 3.95. The van der Waals surface area contributed by atoms with Gasteiger partial charge < -0.3 is 16.0 Å². The minimum absolute atomic E-state index is 0.146. The van der Waals surface area contributed by atoms with Crippen molar-refractivity contribution in [2.45, 2.75) is 20.0 Å². The topological polar surface area (TPSA) is 106 Å². The lowest BCUT2D eigenvalue weighted by molar-refractivity contribution is 0.102. The highest BCUT2D eigenvalue weighted by Crippen LogP contribution is 2.31. The molecule has 0 saturated carbocycles. The predicted molar refractivity (Wildman–Crippen MR) is 120 cm³/mol. The van der Waals surface area contributed by atoms with Crippen LogP contribution in [0, 0.1) is 12.7 Å². The molecule has 162 valence electrons. The molecule has 0 spiro atoms. The van der Waals surface area contributed by atoms with Crippen LogP contribution in [-0.2, 0) is 13.1 Å². The Kier molecular flexibility index (Phi) is 4.86. The van der Waals surface area contributed by atoms with Gasteiger partial charge in [-0.2, -0.15) is 5.10 Å². The number of hydrogen-bond acceptors (Lipinski definition) is 5. The molecule has 3 amide bonds. The highest BCUT2D eigenvalue weighted by Gasteiger charge is 2.30. The van der Waals surface area contributed by atoms with Crippen LogP contribution in [0.2, 0.25) is 0 Å². The van der Waals surface area contributed by atoms with Crippen LogP contribution >= 0.6 is 11.3 Å². The number of nitrogens with zero attached hydrogens (tertiary/aromatic N) is 4. The second-order valence-corrected chi connectivity index (χ2v) is 8.55. The number of benzene rings is 2. The Bertz CT molecular complexity index is 1360. The summed E-state index contributed by atoms with van der Waals surface area (Å²) < 4.78 is 16.8. The van der Waals surface area contributed by atoms with E-state index in [1.165, 1.54) is 28.4 Å². The zero-order chi connectivity index (χ0) is 22.4. The normalized spacial score (nSPS) is 13.2. The fraction of sp³-hybridized carbons (Fsp3) is 0.182. The number of rotatable bonds is 3. The van der Waals surface area contributed by atoms with Crippen LogP contribution in [0.3, 0.4) is 0 Å². The van der Waals surface area contributed by atoms with Gasteiger partial charge in [0.1, 0.15) is 11.5 Å². The van der Waals surface area contributed by atoms with Crippen molar-refractivity contribution in [2.24, 2.45) is 5.73 Å². The number of amides is 3. The molecule has 5 rings (SSSR count). The molecule has 0 fully saturated rings. The number of primary amides is 1. The van der Waals surface area contributed by atoms with Gasteiger partial charge in [-0.3, -0.25) is 9.48 Å². The van der Waals surface area contributed by atoms with E-state index in [-0.39, 0.29) is 6.54 Å². The second-order valence-electron chi connectivity index (χ2n) is 7.66. The maximum atomic E-state index is 14.2. The van der Waals surface area contributed by atoms with E-state index in [4.69, 9.17) is 5.73 Å². The van der Waals surface area contributed by atoms with Gasteiger partial charge in [0.05, 0.1) is 40.1 Å². The number of hydrogen-bond donors (Lipinski definition) is 2. The number of thiazole rings is 1. The quantitative estimate of drug-likeness (QED) is 0.496. The number of urea groups is 1. The molecule has 0 aliphatic carbocycles. The number of nitrogens with one attached hydrogen (secondary N) is 1. The molecule has 10 heteroatoms. The molecule has 0 saturated heterocycles. The first-order valence-electron chi connectivity index (χ1n) is 9.95. The zero-order valence-electron chi connectivity index (χ0n) is 17.1. The Morgan fingerprint density at radius 2 is 2.03 bits per heavy atom. The molecule has 2 aromatic heterocycles. The number of halogens is 1. The van der Waals surface area contributed by atoms with Crippen molar-refractivity contribution in [1.82, 2.24) is 19.7 Å². The summed E-state index contributed by atoms with van der Waals surface area (Å²) in [4.78, 5) is 30.9. The van der Waals surface area contributed by atoms with E-state index < -0.39 is 17.8 Å². The van der Waals surface area contributed by atoms with Crippen LogP contribution in [0.15, 0.2) is 41.9 Å². The maximum absolute atomic E-state index is 14.2. The van der Waals surface area contributed by atoms with Gasteiger partial charge in [-0.05, 0) is 48.9 Å². The third-order valence-electron chi connectivity index (χ3n) is 5.42. The predicted octanol–water partition coefficient (Wildman–Crippen LogP) is 3.75. The molecule has 1 aliphatic heterocycles. The molecular weight excluding hydrogens is 431 g/mol. The first kappa shape index (κ1) is 20.1. The Morgan fingerprint density at radius 3 is 2.81 bits per heavy atom. The Balaban J connectivity index is 1.60. The summed E-state index contributed by atoms with van der Waals surface area (Å²) in [5.74, 6) is -0.801. The van der Waals surface area contributed by atoms with Crippen LogP contribution in [0.1, 0.15) is 21.6 Å². The largest absolute Gasteiger partial charge is 0.351 e. The third kappa shape index (κ3) is 3.58. The highest BCUT2D eigenvalue weighted by atomic mass is 32.1. The fourth-order valence-corrected chi connectivity index (χ4v) is 4.66. The van der Waals surface area contributed by atoms with Gasteiger partial charge in [-0.15, -0.1) is 11.3 Å². The van der Waals surface area contributed by atoms with Gasteiger partial charge in [0.15, 0.2) is 0 Å². The molecule has 2 aromatic carbocycles. The van der Waals surface area contributed by atoms with E-state index in [0.29, 0.717) is 46.9 Å². The summed E-state index contributed by atoms with van der Waals surface area (Å²) in [7, 11) is 0. The SMILES string of the molecule is Cc1cc(F)cc(-c2nn3c(c2C(=O)Nc2ccc4ncsc4c2)CN(C(N)=O)CC3)c1. The Hall–Kier alpha value is -3.79. The molecule has 0 unspecified atom stereocenters. The number of fused-ring (bicyclic) bond motifs is 2. The van der Waals surface area contributed by atoms with Crippen LogP contribution in [0.4, 0.5) is 14.9 Å². The molecule has 0 bridgehead atoms. The Morgan fingerprint density at radius 1 is 1.19 bits per heavy atom. The standard InChI is InChI=1S/C22H19FN6O2S/c1-12-6-13(8-14(23)7-12)20-19(17-10-28(22(24)31)4-5-29(17)27-20)21(30)26-15-2-3-16-18(9-15)32-11-25-16/h2-3,6-9,11H,4-5,10H2,1H3,(H2,24,31)(H,26,30). The van der Waals surface area contributed by atoms with E-state index >= 15 is 0 Å². The minimum atomic E-state index is -0.567. The van der Waals surface area contributed by atoms with Crippen LogP contribution in [0.5, 0.6) is 0 Å². The van der Waals surface area contributed by atoms with Crippen LogP contribution in [-0.4, -0.2) is 38.1 Å². The van der Waals surface area contributed by atoms with Gasteiger partial charge in [-0.25, -0.2) is 14.2 Å². The number of aryl methyl sites for hydroxylation is 1. The minimum Gasteiger partial charge on any atom is -0.351 e. The lowest BCUT2D eigenvalue weighted by Crippen LogP contribution is -2.42. The van der Waals surface area contributed by atoms with Crippen molar-refractivity contribution in [2.75, 3.05) is 11.9 Å². The number of anilines is 1. The average molecular weight is 450 g/mol. The number of nitrogens with two attached hydrogens (primary N) is 1. The monoisotopic (exact) mass is 450 g/mol. The zero-order valence-corrected chi connectivity index (χ0v) is 17.9. The highest BCUT2D eigenvalue weighted by molar-refractivity contribution is 7.16. The van der Waals surface area contributed by atoms with Gasteiger partial charge >= 0.3 is 6.03 Å². The van der Waals surface area contributed by atoms with Crippen LogP contribution < -0.4 is 11.1 Å². The van der Waals surface area contributed by atoms with Gasteiger partial charge in [0, 0.05) is 17.8 Å². The van der Waals surface area contributed by atoms with Gasteiger partial charge in [0.25, 0.3) is 5.91 Å². The summed E-state index contributed by atoms with van der Waals surface area (Å²) in [6, 6.07) is 9.44. The van der Waals surface area contributed by atoms with Crippen molar-refractivity contribution in [3.05, 3.63) is 64.5 Å². The van der Waals surface area contributed by atoms with Crippen molar-refractivity contribution in [3.63, 3.8) is 0 Å². The molecule has 0 radical (unpaired) electrons. The molecule has 0 atom stereocenters. The van der Waals surface area contributed by atoms with Gasteiger partial charge in [-0.1, -0.05) is 0 Å². The van der Waals surface area contributed by atoms with E-state index in [2.05, 4.69) is 15.4 Å². The van der Waals surface area contributed by atoms with E-state index in [1.54, 1.807) is 29.2 Å². The lowest BCUT2D eigenvalue weighted by atomic mass is 10.0. The molecule has 3 N–H and O–H groups in total. The summed E-state index contributed by atoms with van der Waals surface area (Å²) in [5.41, 5.74) is 11.1. The smallest absolute Gasteiger partial charge is 0.315 e. The van der Waals surface area contributed by atoms with Gasteiger partial charge in [0.2, 0.25) is 0 Å². The number of carbonyl (C=O) groups excluding carboxylic acids is 2. The molecule has 8 nitrogen and oxygen atoms in total. The maximum Gasteiger partial charge on any atom is 0.315 e. The summed E-state index contributed by atoms with van der Waals surface area (Å²) in [6.45, 7) is 2.70. The van der Waals surface area contributed by atoms with Crippen molar-refractivity contribution >= 4 is 39.2 Å². The first-order chi connectivity index (χ1) is 15.4. The summed E-state index contributed by atoms with van der Waals surface area (Å²) in [5, 5.41) is 7.52. The second kappa shape index (κ2) is 7.72. The van der Waals surface area contributed by atoms with Crippen molar-refractivity contribution < 1.29 is 14.0 Å². The Labute approximate surface area is 186 Å². The number of carbonyl (C=O) groups is 2. The molecule has 3 heterocycles. The van der Waals surface area contributed by atoms with Crippen molar-refractivity contribution in [1.29, 1.82) is 0 Å². The molecular formula is C22H19FN6O2S. The third-order valence-corrected chi connectivity index (χ3v) is 6.22. The summed E-state index contributed by atoms with van der Waals surface area (Å²) >= 11 is 1.48. The summed E-state index contributed by atoms with van der Waals surface area (Å²) in [6.07, 6.45) is 0. The average Bonchev–Trinajstić information content (AvgIpc) is 3.36. The lowest BCUT2D eigenvalue weighted by Gasteiger charge is -2.26. The van der Waals surface area contributed by atoms with Crippen molar-refractivity contribution in [3.8, 4) is 11.3 Å². The van der Waals surface area contributed by atoms with E-state index in [9.17, 15) is 14.0 Å². The molecule has 32 heavy (non-hydrogen) atoms.